The maximum absolute atomic E-state index is 5.77. The zero-order valence-corrected chi connectivity index (χ0v) is 9.19. The molecule has 0 spiro atoms. The first-order valence-electron chi connectivity index (χ1n) is 4.70. The van der Waals surface area contributed by atoms with Gasteiger partial charge in [0.25, 0.3) is 0 Å². The van der Waals surface area contributed by atoms with Crippen LogP contribution in [0.1, 0.15) is 5.56 Å². The van der Waals surface area contributed by atoms with Gasteiger partial charge in [0.05, 0.1) is 0 Å². The minimum absolute atomic E-state index is 0.273. The van der Waals surface area contributed by atoms with Crippen molar-refractivity contribution >= 4 is 17.4 Å². The molecule has 4 nitrogen and oxygen atoms in total. The van der Waals surface area contributed by atoms with Crippen molar-refractivity contribution in [2.24, 2.45) is 0 Å². The number of aromatic nitrogens is 2. The van der Waals surface area contributed by atoms with Crippen molar-refractivity contribution < 1.29 is 4.74 Å². The standard InChI is InChI=1S/C11H10ClN3O/c12-9-3-1-8(2-4-9)7-16-11-14-6-5-10(13)15-11/h1-6H,7H2,(H2,13,14,15). The smallest absolute Gasteiger partial charge is 0.318 e. The molecule has 2 N–H and O–H groups in total. The van der Waals surface area contributed by atoms with Crippen LogP contribution in [0.5, 0.6) is 6.01 Å². The predicted octanol–water partition coefficient (Wildman–Crippen LogP) is 2.29. The zero-order chi connectivity index (χ0) is 11.4. The van der Waals surface area contributed by atoms with Crippen molar-refractivity contribution in [1.29, 1.82) is 0 Å². The van der Waals surface area contributed by atoms with Crippen molar-refractivity contribution in [3.8, 4) is 6.01 Å². The van der Waals surface area contributed by atoms with Gasteiger partial charge in [-0.1, -0.05) is 23.7 Å². The number of halogens is 1. The topological polar surface area (TPSA) is 61.0 Å². The molecule has 0 atom stereocenters. The summed E-state index contributed by atoms with van der Waals surface area (Å²) in [5.41, 5.74) is 6.49. The van der Waals surface area contributed by atoms with Crippen molar-refractivity contribution in [3.05, 3.63) is 47.1 Å². The molecule has 1 aromatic carbocycles. The second-order valence-electron chi connectivity index (χ2n) is 3.18. The molecule has 0 radical (unpaired) electrons. The monoisotopic (exact) mass is 235 g/mol. The molecule has 0 saturated carbocycles. The van der Waals surface area contributed by atoms with Crippen molar-refractivity contribution in [3.63, 3.8) is 0 Å². The number of benzene rings is 1. The number of hydrogen-bond acceptors (Lipinski definition) is 4. The molecule has 0 amide bonds. The Hall–Kier alpha value is -1.81. The molecule has 16 heavy (non-hydrogen) atoms. The van der Waals surface area contributed by atoms with E-state index in [1.807, 2.05) is 12.1 Å². The fraction of sp³-hybridized carbons (Fsp3) is 0.0909. The molecule has 1 heterocycles. The molecule has 0 bridgehead atoms. The lowest BCUT2D eigenvalue weighted by Gasteiger charge is -2.04. The SMILES string of the molecule is Nc1ccnc(OCc2ccc(Cl)cc2)n1. The highest BCUT2D eigenvalue weighted by Gasteiger charge is 1.99. The van der Waals surface area contributed by atoms with Crippen LogP contribution in [0.15, 0.2) is 36.5 Å². The number of nitrogens with zero attached hydrogens (tertiary/aromatic N) is 2. The van der Waals surface area contributed by atoms with Gasteiger partial charge >= 0.3 is 6.01 Å². The minimum atomic E-state index is 0.273. The van der Waals surface area contributed by atoms with Crippen LogP contribution in [0.3, 0.4) is 0 Å². The Kier molecular flexibility index (Phi) is 3.22. The van der Waals surface area contributed by atoms with Crippen LogP contribution in [0.4, 0.5) is 5.82 Å². The summed E-state index contributed by atoms with van der Waals surface area (Å²) in [4.78, 5) is 7.86. The maximum atomic E-state index is 5.77. The second kappa shape index (κ2) is 4.81. The van der Waals surface area contributed by atoms with E-state index in [9.17, 15) is 0 Å². The van der Waals surface area contributed by atoms with Gasteiger partial charge in [0, 0.05) is 11.2 Å². The molecule has 2 aromatic rings. The Balaban J connectivity index is 1.99. The molecule has 0 aliphatic heterocycles. The number of hydrogen-bond donors (Lipinski definition) is 1. The predicted molar refractivity (Wildman–Crippen MR) is 62.2 cm³/mol. The van der Waals surface area contributed by atoms with Crippen LogP contribution in [0, 0.1) is 0 Å². The van der Waals surface area contributed by atoms with Crippen molar-refractivity contribution in [2.75, 3.05) is 5.73 Å². The number of ether oxygens (including phenoxy) is 1. The molecule has 2 rings (SSSR count). The van der Waals surface area contributed by atoms with E-state index in [1.54, 1.807) is 24.4 Å². The summed E-state index contributed by atoms with van der Waals surface area (Å²) in [5.74, 6) is 0.390. The van der Waals surface area contributed by atoms with Gasteiger partial charge in [0.2, 0.25) is 0 Å². The highest BCUT2D eigenvalue weighted by Crippen LogP contribution is 2.11. The third-order valence-corrected chi connectivity index (χ3v) is 2.19. The highest BCUT2D eigenvalue weighted by atomic mass is 35.5. The summed E-state index contributed by atoms with van der Waals surface area (Å²) < 4.78 is 5.37. The lowest BCUT2D eigenvalue weighted by Crippen LogP contribution is -2.00. The Bertz CT molecular complexity index is 473. The van der Waals surface area contributed by atoms with Gasteiger partial charge in [0.15, 0.2) is 0 Å². The Morgan fingerprint density at radius 2 is 1.94 bits per heavy atom. The van der Waals surface area contributed by atoms with E-state index < -0.39 is 0 Å². The van der Waals surface area contributed by atoms with Gasteiger partial charge in [-0.3, -0.25) is 0 Å². The van der Waals surface area contributed by atoms with Gasteiger partial charge in [-0.05, 0) is 23.8 Å². The van der Waals surface area contributed by atoms with Crippen molar-refractivity contribution in [2.45, 2.75) is 6.61 Å². The minimum Gasteiger partial charge on any atom is -0.459 e. The van der Waals surface area contributed by atoms with E-state index in [-0.39, 0.29) is 6.01 Å². The van der Waals surface area contributed by atoms with Crippen LogP contribution in [0.25, 0.3) is 0 Å². The molecular formula is C11H10ClN3O. The van der Waals surface area contributed by atoms with Gasteiger partial charge in [-0.2, -0.15) is 4.98 Å². The van der Waals surface area contributed by atoms with Gasteiger partial charge in [-0.15, -0.1) is 0 Å². The van der Waals surface area contributed by atoms with E-state index >= 15 is 0 Å². The molecule has 1 aromatic heterocycles. The lowest BCUT2D eigenvalue weighted by molar-refractivity contribution is 0.281. The Morgan fingerprint density at radius 3 is 2.62 bits per heavy atom. The van der Waals surface area contributed by atoms with E-state index in [1.165, 1.54) is 0 Å². The van der Waals surface area contributed by atoms with Crippen LogP contribution < -0.4 is 10.5 Å². The summed E-state index contributed by atoms with van der Waals surface area (Å²) in [7, 11) is 0. The first kappa shape index (κ1) is 10.7. The molecule has 0 fully saturated rings. The molecular weight excluding hydrogens is 226 g/mol. The average Bonchev–Trinajstić information content (AvgIpc) is 2.28. The normalized spacial score (nSPS) is 10.1. The highest BCUT2D eigenvalue weighted by molar-refractivity contribution is 6.30. The van der Waals surface area contributed by atoms with Crippen LogP contribution in [-0.4, -0.2) is 9.97 Å². The van der Waals surface area contributed by atoms with Gasteiger partial charge in [0.1, 0.15) is 12.4 Å². The van der Waals surface area contributed by atoms with Crippen LogP contribution >= 0.6 is 11.6 Å². The molecule has 0 aliphatic rings. The molecule has 0 aliphatic carbocycles. The average molecular weight is 236 g/mol. The van der Waals surface area contributed by atoms with Gasteiger partial charge in [-0.25, -0.2) is 4.98 Å². The van der Waals surface area contributed by atoms with Crippen LogP contribution in [-0.2, 0) is 6.61 Å². The zero-order valence-electron chi connectivity index (χ0n) is 8.43. The Labute approximate surface area is 98.0 Å². The summed E-state index contributed by atoms with van der Waals surface area (Å²) >= 11 is 5.77. The fourth-order valence-corrected chi connectivity index (χ4v) is 1.28. The van der Waals surface area contributed by atoms with Crippen molar-refractivity contribution in [1.82, 2.24) is 9.97 Å². The number of nitrogen functional groups attached to an aromatic ring is 1. The maximum Gasteiger partial charge on any atom is 0.318 e. The second-order valence-corrected chi connectivity index (χ2v) is 3.62. The Morgan fingerprint density at radius 1 is 1.19 bits per heavy atom. The van der Waals surface area contributed by atoms with E-state index in [0.29, 0.717) is 17.4 Å². The lowest BCUT2D eigenvalue weighted by atomic mass is 10.2. The fourth-order valence-electron chi connectivity index (χ4n) is 1.15. The van der Waals surface area contributed by atoms with E-state index in [4.69, 9.17) is 22.1 Å². The summed E-state index contributed by atoms with van der Waals surface area (Å²) in [6.45, 7) is 0.390. The molecule has 0 saturated heterocycles. The largest absolute Gasteiger partial charge is 0.459 e. The summed E-state index contributed by atoms with van der Waals surface area (Å²) in [6.07, 6.45) is 1.56. The number of anilines is 1. The van der Waals surface area contributed by atoms with E-state index in [0.717, 1.165) is 5.56 Å². The summed E-state index contributed by atoms with van der Waals surface area (Å²) in [5, 5.41) is 0.698. The first-order chi connectivity index (χ1) is 7.74. The quantitative estimate of drug-likeness (QED) is 0.887. The van der Waals surface area contributed by atoms with Crippen LogP contribution in [0.2, 0.25) is 5.02 Å². The third-order valence-electron chi connectivity index (χ3n) is 1.94. The number of nitrogens with two attached hydrogens (primary N) is 1. The number of rotatable bonds is 3. The third kappa shape index (κ3) is 2.84. The van der Waals surface area contributed by atoms with Gasteiger partial charge < -0.3 is 10.5 Å². The summed E-state index contributed by atoms with van der Waals surface area (Å²) in [6, 6.07) is 9.26. The molecule has 82 valence electrons. The molecule has 5 heteroatoms. The van der Waals surface area contributed by atoms with E-state index in [2.05, 4.69) is 9.97 Å². The molecule has 0 unspecified atom stereocenters. The first-order valence-corrected chi connectivity index (χ1v) is 5.07.